The van der Waals surface area contributed by atoms with Gasteiger partial charge in [0.2, 0.25) is 0 Å². The zero-order chi connectivity index (χ0) is 28.2. The highest BCUT2D eigenvalue weighted by molar-refractivity contribution is 6.36. The molecule has 0 aliphatic rings. The maximum Gasteiger partial charge on any atom is 0.194 e. The van der Waals surface area contributed by atoms with E-state index in [0.717, 1.165) is 0 Å². The Balaban J connectivity index is 1.38. The maximum atomic E-state index is 13.3. The van der Waals surface area contributed by atoms with Crippen LogP contribution in [0.3, 0.4) is 0 Å². The Labute approximate surface area is 240 Å². The summed E-state index contributed by atoms with van der Waals surface area (Å²) in [4.78, 5) is 52.1. The summed E-state index contributed by atoms with van der Waals surface area (Å²) in [5, 5.41) is 0.260. The van der Waals surface area contributed by atoms with Crippen LogP contribution in [0.15, 0.2) is 121 Å². The number of halogens is 2. The Morgan fingerprint density at radius 3 is 1.07 bits per heavy atom. The van der Waals surface area contributed by atoms with Gasteiger partial charge in [0.1, 0.15) is 0 Å². The average Bonchev–Trinajstić information content (AvgIpc) is 3.00. The molecule has 5 rings (SSSR count). The third-order valence-corrected chi connectivity index (χ3v) is 7.04. The molecule has 0 atom stereocenters. The Bertz CT molecular complexity index is 1650. The van der Waals surface area contributed by atoms with Gasteiger partial charge in [0.15, 0.2) is 23.1 Å². The number of hydrogen-bond acceptors (Lipinski definition) is 4. The lowest BCUT2D eigenvalue weighted by atomic mass is 9.95. The van der Waals surface area contributed by atoms with Crippen LogP contribution in [0.25, 0.3) is 0 Å². The van der Waals surface area contributed by atoms with Crippen molar-refractivity contribution in [2.45, 2.75) is 0 Å². The number of carbonyl (C=O) groups is 4. The summed E-state index contributed by atoms with van der Waals surface area (Å²) < 4.78 is 0. The smallest absolute Gasteiger partial charge is 0.194 e. The summed E-state index contributed by atoms with van der Waals surface area (Å²) in [6, 6.07) is 32.9. The van der Waals surface area contributed by atoms with Crippen molar-refractivity contribution in [1.29, 1.82) is 0 Å². The molecular formula is C34H20Cl2O4. The van der Waals surface area contributed by atoms with Crippen molar-refractivity contribution in [2.75, 3.05) is 0 Å². The normalized spacial score (nSPS) is 10.7. The first-order valence-electron chi connectivity index (χ1n) is 12.3. The van der Waals surface area contributed by atoms with Crippen LogP contribution in [-0.2, 0) is 0 Å². The van der Waals surface area contributed by atoms with Crippen LogP contribution in [0, 0.1) is 0 Å². The number of ketones is 4. The molecule has 5 aromatic carbocycles. The lowest BCUT2D eigenvalue weighted by Crippen LogP contribution is -2.08. The van der Waals surface area contributed by atoms with E-state index < -0.39 is 11.6 Å². The van der Waals surface area contributed by atoms with E-state index in [4.69, 9.17) is 23.2 Å². The Kier molecular flexibility index (Phi) is 7.83. The maximum absolute atomic E-state index is 13.3. The van der Waals surface area contributed by atoms with Gasteiger partial charge in [-0.15, -0.1) is 0 Å². The molecule has 0 fully saturated rings. The topological polar surface area (TPSA) is 68.3 Å². The van der Waals surface area contributed by atoms with Gasteiger partial charge in [-0.1, -0.05) is 114 Å². The minimum atomic E-state index is -0.395. The molecule has 4 nitrogen and oxygen atoms in total. The summed E-state index contributed by atoms with van der Waals surface area (Å²) in [5.74, 6) is -1.20. The second-order valence-corrected chi connectivity index (χ2v) is 9.83. The summed E-state index contributed by atoms with van der Waals surface area (Å²) in [7, 11) is 0. The van der Waals surface area contributed by atoms with Crippen LogP contribution in [0.5, 0.6) is 0 Å². The molecule has 0 unspecified atom stereocenters. The van der Waals surface area contributed by atoms with Crippen LogP contribution >= 0.6 is 23.2 Å². The first kappa shape index (κ1) is 26.9. The third-order valence-electron chi connectivity index (χ3n) is 6.41. The van der Waals surface area contributed by atoms with E-state index in [9.17, 15) is 19.2 Å². The monoisotopic (exact) mass is 562 g/mol. The number of hydrogen-bond donors (Lipinski definition) is 0. The van der Waals surface area contributed by atoms with Gasteiger partial charge in [-0.05, 0) is 30.3 Å². The predicted octanol–water partition coefficient (Wildman–Crippen LogP) is 7.92. The van der Waals surface area contributed by atoms with Crippen molar-refractivity contribution in [3.05, 3.63) is 176 Å². The lowest BCUT2D eigenvalue weighted by Gasteiger charge is -2.09. The van der Waals surface area contributed by atoms with Crippen LogP contribution < -0.4 is 0 Å². The van der Waals surface area contributed by atoms with E-state index in [-0.39, 0.29) is 43.9 Å². The van der Waals surface area contributed by atoms with Crippen molar-refractivity contribution in [1.82, 2.24) is 0 Å². The number of carbonyl (C=O) groups excluding carboxylic acids is 4. The molecule has 0 saturated carbocycles. The number of rotatable bonds is 8. The second kappa shape index (κ2) is 11.6. The Hall–Kier alpha value is -4.64. The number of benzene rings is 5. The Morgan fingerprint density at radius 1 is 0.350 bits per heavy atom. The first-order chi connectivity index (χ1) is 19.3. The highest BCUT2D eigenvalue weighted by Gasteiger charge is 2.20. The van der Waals surface area contributed by atoms with Crippen LogP contribution in [0.4, 0.5) is 0 Å². The quantitative estimate of drug-likeness (QED) is 0.180. The van der Waals surface area contributed by atoms with Gasteiger partial charge < -0.3 is 0 Å². The molecule has 0 amide bonds. The van der Waals surface area contributed by atoms with Crippen molar-refractivity contribution in [2.24, 2.45) is 0 Å². The van der Waals surface area contributed by atoms with Gasteiger partial charge in [-0.2, -0.15) is 0 Å². The lowest BCUT2D eigenvalue weighted by molar-refractivity contribution is 0.102. The molecule has 0 aliphatic carbocycles. The fraction of sp³-hybridized carbons (Fsp3) is 0. The van der Waals surface area contributed by atoms with Gasteiger partial charge >= 0.3 is 0 Å². The average molecular weight is 563 g/mol. The molecule has 194 valence electrons. The van der Waals surface area contributed by atoms with E-state index in [2.05, 4.69) is 0 Å². The standard InChI is InChI=1S/C34H20Cl2O4/c35-29-19-25(31(37)21-8-3-1-4-9-21)14-16-27(29)33(39)23-12-7-13-24(18-23)34(40)28-17-15-26(20-30(28)36)32(38)22-10-5-2-6-11-22/h1-20H. The molecular weight excluding hydrogens is 543 g/mol. The van der Waals surface area contributed by atoms with Gasteiger partial charge in [0, 0.05) is 44.5 Å². The SMILES string of the molecule is O=C(c1ccccc1)c1ccc(C(=O)c2cccc(C(=O)c3ccc(C(=O)c4ccccc4)cc3Cl)c2)c(Cl)c1. The molecule has 6 heteroatoms. The van der Waals surface area contributed by atoms with E-state index in [1.54, 1.807) is 78.9 Å². The van der Waals surface area contributed by atoms with Gasteiger partial charge in [-0.25, -0.2) is 0 Å². The molecule has 0 aliphatic heterocycles. The third kappa shape index (κ3) is 5.55. The molecule has 5 aromatic rings. The molecule has 0 spiro atoms. The van der Waals surface area contributed by atoms with E-state index in [1.807, 2.05) is 12.1 Å². The summed E-state index contributed by atoms with van der Waals surface area (Å²) in [6.07, 6.45) is 0. The van der Waals surface area contributed by atoms with Crippen LogP contribution in [0.2, 0.25) is 10.0 Å². The molecule has 40 heavy (non-hydrogen) atoms. The Morgan fingerprint density at radius 2 is 0.700 bits per heavy atom. The zero-order valence-corrected chi connectivity index (χ0v) is 22.4. The fourth-order valence-electron chi connectivity index (χ4n) is 4.31. The van der Waals surface area contributed by atoms with Gasteiger partial charge in [0.25, 0.3) is 0 Å². The van der Waals surface area contributed by atoms with E-state index in [0.29, 0.717) is 22.3 Å². The summed E-state index contributed by atoms with van der Waals surface area (Å²) >= 11 is 12.8. The van der Waals surface area contributed by atoms with E-state index >= 15 is 0 Å². The van der Waals surface area contributed by atoms with Crippen LogP contribution in [-0.4, -0.2) is 23.1 Å². The fourth-order valence-corrected chi connectivity index (χ4v) is 4.84. The van der Waals surface area contributed by atoms with Gasteiger partial charge in [-0.3, -0.25) is 19.2 Å². The van der Waals surface area contributed by atoms with Crippen molar-refractivity contribution < 1.29 is 19.2 Å². The molecule has 0 saturated heterocycles. The van der Waals surface area contributed by atoms with Crippen molar-refractivity contribution >= 4 is 46.3 Å². The molecule has 0 aromatic heterocycles. The summed E-state index contributed by atoms with van der Waals surface area (Å²) in [5.41, 5.74) is 2.67. The van der Waals surface area contributed by atoms with Crippen molar-refractivity contribution in [3.8, 4) is 0 Å². The molecule has 0 bridgehead atoms. The predicted molar refractivity (Wildman–Crippen MR) is 156 cm³/mol. The summed E-state index contributed by atoms with van der Waals surface area (Å²) in [6.45, 7) is 0. The minimum Gasteiger partial charge on any atom is -0.289 e. The second-order valence-electron chi connectivity index (χ2n) is 9.02. The molecule has 0 heterocycles. The largest absolute Gasteiger partial charge is 0.289 e. The zero-order valence-electron chi connectivity index (χ0n) is 20.9. The van der Waals surface area contributed by atoms with Crippen molar-refractivity contribution in [3.63, 3.8) is 0 Å². The molecule has 0 N–H and O–H groups in total. The first-order valence-corrected chi connectivity index (χ1v) is 13.1. The minimum absolute atomic E-state index is 0.130. The van der Waals surface area contributed by atoms with Gasteiger partial charge in [0.05, 0.1) is 10.0 Å². The highest BCUT2D eigenvalue weighted by Crippen LogP contribution is 2.26. The molecule has 0 radical (unpaired) electrons. The highest BCUT2D eigenvalue weighted by atomic mass is 35.5. The van der Waals surface area contributed by atoms with E-state index in [1.165, 1.54) is 30.3 Å². The van der Waals surface area contributed by atoms with Crippen LogP contribution in [0.1, 0.15) is 63.7 Å².